The molecule has 146 valence electrons. The van der Waals surface area contributed by atoms with Crippen LogP contribution in [0.3, 0.4) is 0 Å². The van der Waals surface area contributed by atoms with E-state index in [1.165, 1.54) is 5.69 Å². The zero-order valence-electron chi connectivity index (χ0n) is 15.9. The molecule has 0 amide bonds. The largest absolute Gasteiger partial charge is 0.477 e. The maximum absolute atomic E-state index is 8.95. The summed E-state index contributed by atoms with van der Waals surface area (Å²) in [6, 6.07) is 14.3. The molecule has 6 nitrogen and oxygen atoms in total. The summed E-state index contributed by atoms with van der Waals surface area (Å²) in [6.45, 7) is 4.09. The van der Waals surface area contributed by atoms with Crippen LogP contribution in [0, 0.1) is 0 Å². The van der Waals surface area contributed by atoms with Crippen LogP contribution < -0.4 is 9.64 Å². The molecule has 0 bridgehead atoms. The molecule has 3 heterocycles. The normalized spacial score (nSPS) is 14.4. The Morgan fingerprint density at radius 1 is 1.07 bits per heavy atom. The van der Waals surface area contributed by atoms with Crippen molar-refractivity contribution in [2.24, 2.45) is 0 Å². The first-order valence-electron chi connectivity index (χ1n) is 9.78. The number of benzene rings is 1. The SMILES string of the molecule is OCCCCOc1nc(-c2ccc(N3CCOCC3)cc2)cc2ncccc12. The zero-order valence-corrected chi connectivity index (χ0v) is 15.9. The third kappa shape index (κ3) is 4.24. The van der Waals surface area contributed by atoms with Gasteiger partial charge in [0.1, 0.15) is 0 Å². The number of unbranched alkanes of at least 4 members (excludes halogenated alkanes) is 1. The Morgan fingerprint density at radius 2 is 1.89 bits per heavy atom. The van der Waals surface area contributed by atoms with Crippen LogP contribution in [0.15, 0.2) is 48.7 Å². The highest BCUT2D eigenvalue weighted by Gasteiger charge is 2.13. The zero-order chi connectivity index (χ0) is 19.2. The molecule has 3 aromatic rings. The Morgan fingerprint density at radius 3 is 2.68 bits per heavy atom. The molecule has 6 heteroatoms. The molecule has 1 aromatic carbocycles. The number of ether oxygens (including phenoxy) is 2. The minimum absolute atomic E-state index is 0.175. The molecule has 0 aliphatic carbocycles. The van der Waals surface area contributed by atoms with Crippen LogP contribution in [0.4, 0.5) is 5.69 Å². The van der Waals surface area contributed by atoms with E-state index < -0.39 is 0 Å². The number of fused-ring (bicyclic) bond motifs is 1. The Labute approximate surface area is 164 Å². The maximum Gasteiger partial charge on any atom is 0.223 e. The van der Waals surface area contributed by atoms with E-state index in [0.717, 1.165) is 61.3 Å². The summed E-state index contributed by atoms with van der Waals surface area (Å²) in [4.78, 5) is 11.6. The molecule has 1 fully saturated rings. The van der Waals surface area contributed by atoms with Gasteiger partial charge in [0.15, 0.2) is 0 Å². The summed E-state index contributed by atoms with van der Waals surface area (Å²) in [5, 5.41) is 9.86. The van der Waals surface area contributed by atoms with Gasteiger partial charge in [-0.15, -0.1) is 0 Å². The van der Waals surface area contributed by atoms with Crippen molar-refractivity contribution in [3.8, 4) is 17.1 Å². The van der Waals surface area contributed by atoms with Crippen molar-refractivity contribution in [2.75, 3.05) is 44.4 Å². The van der Waals surface area contributed by atoms with Gasteiger partial charge in [-0.05, 0) is 43.2 Å². The number of aliphatic hydroxyl groups excluding tert-OH is 1. The summed E-state index contributed by atoms with van der Waals surface area (Å²) in [5.74, 6) is 0.593. The molecule has 4 rings (SSSR count). The Bertz CT molecular complexity index is 909. The van der Waals surface area contributed by atoms with Crippen molar-refractivity contribution in [1.82, 2.24) is 9.97 Å². The van der Waals surface area contributed by atoms with Crippen LogP contribution in [-0.4, -0.2) is 54.6 Å². The van der Waals surface area contributed by atoms with Crippen molar-refractivity contribution in [3.05, 3.63) is 48.7 Å². The average Bonchev–Trinajstić information content (AvgIpc) is 2.77. The number of pyridine rings is 2. The van der Waals surface area contributed by atoms with Gasteiger partial charge in [0.05, 0.1) is 36.4 Å². The lowest BCUT2D eigenvalue weighted by atomic mass is 10.1. The smallest absolute Gasteiger partial charge is 0.223 e. The fourth-order valence-electron chi connectivity index (χ4n) is 3.35. The van der Waals surface area contributed by atoms with Crippen LogP contribution in [0.1, 0.15) is 12.8 Å². The number of aliphatic hydroxyl groups is 1. The van der Waals surface area contributed by atoms with Gasteiger partial charge in [0.2, 0.25) is 5.88 Å². The molecule has 0 spiro atoms. The molecular formula is C22H25N3O3. The number of hydrogen-bond acceptors (Lipinski definition) is 6. The number of anilines is 1. The summed E-state index contributed by atoms with van der Waals surface area (Å²) >= 11 is 0. The minimum atomic E-state index is 0.175. The molecular weight excluding hydrogens is 354 g/mol. The standard InChI is InChI=1S/C22H25N3O3/c26-12-1-2-13-28-22-19-4-3-9-23-21(19)16-20(24-22)17-5-7-18(8-6-17)25-10-14-27-15-11-25/h3-9,16,26H,1-2,10-15H2. The van der Waals surface area contributed by atoms with Gasteiger partial charge in [-0.3, -0.25) is 4.98 Å². The number of rotatable bonds is 7. The molecule has 28 heavy (non-hydrogen) atoms. The highest BCUT2D eigenvalue weighted by atomic mass is 16.5. The van der Waals surface area contributed by atoms with E-state index in [1.807, 2.05) is 18.2 Å². The van der Waals surface area contributed by atoms with E-state index in [-0.39, 0.29) is 6.61 Å². The molecule has 1 saturated heterocycles. The van der Waals surface area contributed by atoms with Gasteiger partial charge in [-0.1, -0.05) is 12.1 Å². The highest BCUT2D eigenvalue weighted by Crippen LogP contribution is 2.29. The van der Waals surface area contributed by atoms with Gasteiger partial charge in [-0.2, -0.15) is 0 Å². The van der Waals surface area contributed by atoms with Gasteiger partial charge in [-0.25, -0.2) is 4.98 Å². The van der Waals surface area contributed by atoms with Crippen LogP contribution in [-0.2, 0) is 4.74 Å². The van der Waals surface area contributed by atoms with Gasteiger partial charge >= 0.3 is 0 Å². The molecule has 0 radical (unpaired) electrons. The molecule has 0 unspecified atom stereocenters. The number of aromatic nitrogens is 2. The van der Waals surface area contributed by atoms with Crippen molar-refractivity contribution >= 4 is 16.6 Å². The topological polar surface area (TPSA) is 67.7 Å². The lowest BCUT2D eigenvalue weighted by molar-refractivity contribution is 0.122. The van der Waals surface area contributed by atoms with Crippen molar-refractivity contribution in [1.29, 1.82) is 0 Å². The Hall–Kier alpha value is -2.70. The third-order valence-electron chi connectivity index (χ3n) is 4.89. The number of hydrogen-bond donors (Lipinski definition) is 1. The molecule has 0 atom stereocenters. The molecule has 2 aromatic heterocycles. The maximum atomic E-state index is 8.95. The summed E-state index contributed by atoms with van der Waals surface area (Å²) in [7, 11) is 0. The van der Waals surface area contributed by atoms with Crippen molar-refractivity contribution < 1.29 is 14.6 Å². The summed E-state index contributed by atoms with van der Waals surface area (Å²) in [5.41, 5.74) is 3.94. The van der Waals surface area contributed by atoms with Crippen LogP contribution in [0.5, 0.6) is 5.88 Å². The first-order valence-corrected chi connectivity index (χ1v) is 9.78. The fourth-order valence-corrected chi connectivity index (χ4v) is 3.35. The van der Waals surface area contributed by atoms with Gasteiger partial charge in [0, 0.05) is 37.1 Å². The predicted octanol–water partition coefficient (Wildman–Crippen LogP) is 3.28. The first-order chi connectivity index (χ1) is 13.8. The van der Waals surface area contributed by atoms with E-state index in [1.54, 1.807) is 6.20 Å². The van der Waals surface area contributed by atoms with Gasteiger partial charge < -0.3 is 19.5 Å². The predicted molar refractivity (Wildman–Crippen MR) is 110 cm³/mol. The van der Waals surface area contributed by atoms with Crippen LogP contribution in [0.25, 0.3) is 22.2 Å². The monoisotopic (exact) mass is 379 g/mol. The van der Waals surface area contributed by atoms with E-state index in [9.17, 15) is 0 Å². The average molecular weight is 379 g/mol. The second-order valence-corrected chi connectivity index (χ2v) is 6.81. The van der Waals surface area contributed by atoms with Gasteiger partial charge in [0.25, 0.3) is 0 Å². The minimum Gasteiger partial charge on any atom is -0.477 e. The summed E-state index contributed by atoms with van der Waals surface area (Å²) < 4.78 is 11.3. The van der Waals surface area contributed by atoms with E-state index in [0.29, 0.717) is 12.5 Å². The quantitative estimate of drug-likeness (QED) is 0.636. The fraction of sp³-hybridized carbons (Fsp3) is 0.364. The molecule has 1 N–H and O–H groups in total. The molecule has 1 aliphatic heterocycles. The van der Waals surface area contributed by atoms with Crippen LogP contribution >= 0.6 is 0 Å². The second kappa shape index (κ2) is 8.99. The van der Waals surface area contributed by atoms with Crippen molar-refractivity contribution in [2.45, 2.75) is 12.8 Å². The van der Waals surface area contributed by atoms with E-state index >= 15 is 0 Å². The first kappa shape index (κ1) is 18.7. The summed E-state index contributed by atoms with van der Waals surface area (Å²) in [6.07, 6.45) is 3.29. The van der Waals surface area contributed by atoms with E-state index in [2.05, 4.69) is 34.1 Å². The molecule has 0 saturated carbocycles. The number of morpholine rings is 1. The van der Waals surface area contributed by atoms with Crippen LogP contribution in [0.2, 0.25) is 0 Å². The Kier molecular flexibility index (Phi) is 5.99. The second-order valence-electron chi connectivity index (χ2n) is 6.81. The van der Waals surface area contributed by atoms with Crippen molar-refractivity contribution in [3.63, 3.8) is 0 Å². The lowest BCUT2D eigenvalue weighted by Gasteiger charge is -2.28. The number of nitrogens with zero attached hydrogens (tertiary/aromatic N) is 3. The highest BCUT2D eigenvalue weighted by molar-refractivity contribution is 5.87. The Balaban J connectivity index is 1.60. The lowest BCUT2D eigenvalue weighted by Crippen LogP contribution is -2.36. The third-order valence-corrected chi connectivity index (χ3v) is 4.89. The molecule has 1 aliphatic rings. The van der Waals surface area contributed by atoms with E-state index in [4.69, 9.17) is 19.6 Å².